The highest BCUT2D eigenvalue weighted by Gasteiger charge is 2.42. The van der Waals surface area contributed by atoms with Gasteiger partial charge in [-0.15, -0.1) is 0 Å². The zero-order valence-electron chi connectivity index (χ0n) is 21.5. The molecule has 2 aliphatic rings. The van der Waals surface area contributed by atoms with Crippen LogP contribution in [-0.2, 0) is 9.53 Å². The third-order valence-electron chi connectivity index (χ3n) is 7.40. The van der Waals surface area contributed by atoms with E-state index in [0.717, 1.165) is 43.5 Å². The van der Waals surface area contributed by atoms with Gasteiger partial charge in [0.1, 0.15) is 11.5 Å². The van der Waals surface area contributed by atoms with Crippen molar-refractivity contribution in [2.75, 3.05) is 19.6 Å². The number of nitrogens with one attached hydrogen (secondary N) is 1. The monoisotopic (exact) mass is 510 g/mol. The second-order valence-corrected chi connectivity index (χ2v) is 10.2. The molecule has 2 aromatic rings. The normalized spacial score (nSPS) is 19.7. The molecule has 1 aliphatic carbocycles. The summed E-state index contributed by atoms with van der Waals surface area (Å²) in [5, 5.41) is 24.8. The molecular weight excluding hydrogens is 472 g/mol. The SMILES string of the molecule is Cc1ccccc1Oc1ccccc1C(O)CCCN(C(=O)OC(=O)C1(O)CCCC1)C1CCCNC1. The average Bonchev–Trinajstić information content (AvgIpc) is 3.36. The number of hydrogen-bond donors (Lipinski definition) is 3. The lowest BCUT2D eigenvalue weighted by molar-refractivity contribution is -0.159. The van der Waals surface area contributed by atoms with Crippen molar-refractivity contribution in [1.29, 1.82) is 0 Å². The number of hydrogen-bond acceptors (Lipinski definition) is 7. The molecule has 2 atom stereocenters. The summed E-state index contributed by atoms with van der Waals surface area (Å²) in [6, 6.07) is 15.0. The van der Waals surface area contributed by atoms with Crippen LogP contribution in [0, 0.1) is 6.92 Å². The Morgan fingerprint density at radius 2 is 1.78 bits per heavy atom. The maximum Gasteiger partial charge on any atom is 0.417 e. The van der Waals surface area contributed by atoms with Crippen molar-refractivity contribution in [3.05, 3.63) is 59.7 Å². The van der Waals surface area contributed by atoms with Crippen LogP contribution in [0.15, 0.2) is 48.5 Å². The van der Waals surface area contributed by atoms with Crippen molar-refractivity contribution in [3.63, 3.8) is 0 Å². The Hall–Kier alpha value is -2.94. The average molecular weight is 511 g/mol. The third-order valence-corrected chi connectivity index (χ3v) is 7.40. The van der Waals surface area contributed by atoms with Crippen molar-refractivity contribution in [1.82, 2.24) is 10.2 Å². The van der Waals surface area contributed by atoms with Gasteiger partial charge in [-0.1, -0.05) is 36.4 Å². The number of amides is 1. The lowest BCUT2D eigenvalue weighted by Crippen LogP contribution is -2.51. The lowest BCUT2D eigenvalue weighted by Gasteiger charge is -2.34. The van der Waals surface area contributed by atoms with E-state index in [1.807, 2.05) is 55.5 Å². The Balaban J connectivity index is 1.39. The highest BCUT2D eigenvalue weighted by molar-refractivity contribution is 5.90. The fourth-order valence-electron chi connectivity index (χ4n) is 5.17. The summed E-state index contributed by atoms with van der Waals surface area (Å²) in [5.74, 6) is 0.466. The van der Waals surface area contributed by atoms with E-state index in [1.165, 1.54) is 0 Å². The lowest BCUT2D eigenvalue weighted by atomic mass is 10.0. The molecule has 1 saturated heterocycles. The Morgan fingerprint density at radius 1 is 1.08 bits per heavy atom. The van der Waals surface area contributed by atoms with Crippen LogP contribution in [0.25, 0.3) is 0 Å². The number of esters is 1. The van der Waals surface area contributed by atoms with Gasteiger partial charge in [0.15, 0.2) is 5.60 Å². The zero-order valence-corrected chi connectivity index (χ0v) is 21.5. The summed E-state index contributed by atoms with van der Waals surface area (Å²) in [6.07, 6.45) is 3.22. The van der Waals surface area contributed by atoms with Crippen LogP contribution in [0.3, 0.4) is 0 Å². The Labute approximate surface area is 218 Å². The van der Waals surface area contributed by atoms with Crippen molar-refractivity contribution in [2.45, 2.75) is 76.0 Å². The maximum absolute atomic E-state index is 13.0. The summed E-state index contributed by atoms with van der Waals surface area (Å²) >= 11 is 0. The van der Waals surface area contributed by atoms with Gasteiger partial charge in [0.2, 0.25) is 0 Å². The number of piperidine rings is 1. The van der Waals surface area contributed by atoms with Crippen LogP contribution >= 0.6 is 0 Å². The van der Waals surface area contributed by atoms with Gasteiger partial charge in [-0.3, -0.25) is 0 Å². The van der Waals surface area contributed by atoms with E-state index in [2.05, 4.69) is 5.32 Å². The highest BCUT2D eigenvalue weighted by atomic mass is 16.6. The minimum Gasteiger partial charge on any atom is -0.457 e. The number of benzene rings is 2. The van der Waals surface area contributed by atoms with Crippen molar-refractivity contribution in [3.8, 4) is 11.5 Å². The van der Waals surface area contributed by atoms with E-state index in [0.29, 0.717) is 50.1 Å². The number of carbonyl (C=O) groups is 2. The Morgan fingerprint density at radius 3 is 2.49 bits per heavy atom. The van der Waals surface area contributed by atoms with Gasteiger partial charge in [0.25, 0.3) is 0 Å². The van der Waals surface area contributed by atoms with Crippen LogP contribution in [0.2, 0.25) is 0 Å². The Kier molecular flexibility index (Phi) is 9.18. The molecule has 8 heteroatoms. The number of aliphatic hydroxyl groups is 2. The van der Waals surface area contributed by atoms with Gasteiger partial charge in [-0.2, -0.15) is 0 Å². The molecule has 200 valence electrons. The van der Waals surface area contributed by atoms with E-state index in [1.54, 1.807) is 4.90 Å². The quantitative estimate of drug-likeness (QED) is 0.334. The van der Waals surface area contributed by atoms with E-state index < -0.39 is 23.8 Å². The summed E-state index contributed by atoms with van der Waals surface area (Å²) in [6.45, 7) is 3.80. The van der Waals surface area contributed by atoms with E-state index in [4.69, 9.17) is 9.47 Å². The van der Waals surface area contributed by atoms with E-state index in [-0.39, 0.29) is 6.04 Å². The summed E-state index contributed by atoms with van der Waals surface area (Å²) < 4.78 is 11.3. The summed E-state index contributed by atoms with van der Waals surface area (Å²) in [5.41, 5.74) is 0.111. The van der Waals surface area contributed by atoms with Crippen molar-refractivity contribution in [2.24, 2.45) is 0 Å². The van der Waals surface area contributed by atoms with Crippen LogP contribution < -0.4 is 10.1 Å². The number of aliphatic hydroxyl groups excluding tert-OH is 1. The fourth-order valence-corrected chi connectivity index (χ4v) is 5.17. The van der Waals surface area contributed by atoms with Crippen molar-refractivity contribution >= 4 is 12.1 Å². The molecule has 3 N–H and O–H groups in total. The molecule has 0 spiro atoms. The molecule has 4 rings (SSSR count). The number of nitrogens with zero attached hydrogens (tertiary/aromatic N) is 1. The van der Waals surface area contributed by atoms with Gasteiger partial charge in [0, 0.05) is 24.7 Å². The Bertz CT molecular complexity index is 1060. The van der Waals surface area contributed by atoms with Crippen molar-refractivity contribution < 1.29 is 29.3 Å². The van der Waals surface area contributed by atoms with E-state index >= 15 is 0 Å². The molecule has 8 nitrogen and oxygen atoms in total. The molecule has 0 radical (unpaired) electrons. The summed E-state index contributed by atoms with van der Waals surface area (Å²) in [7, 11) is 0. The second kappa shape index (κ2) is 12.5. The predicted molar refractivity (Wildman–Crippen MR) is 139 cm³/mol. The second-order valence-electron chi connectivity index (χ2n) is 10.2. The minimum absolute atomic E-state index is 0.110. The van der Waals surface area contributed by atoms with Crippen LogP contribution in [0.4, 0.5) is 4.79 Å². The van der Waals surface area contributed by atoms with Gasteiger partial charge in [-0.05, 0) is 82.5 Å². The molecule has 2 fully saturated rings. The summed E-state index contributed by atoms with van der Waals surface area (Å²) in [4.78, 5) is 27.2. The van der Waals surface area contributed by atoms with E-state index in [9.17, 15) is 19.8 Å². The van der Waals surface area contributed by atoms with Gasteiger partial charge in [-0.25, -0.2) is 9.59 Å². The molecule has 0 aromatic heterocycles. The first-order chi connectivity index (χ1) is 17.9. The molecule has 0 bridgehead atoms. The molecule has 1 amide bonds. The predicted octanol–water partition coefficient (Wildman–Crippen LogP) is 4.62. The minimum atomic E-state index is -1.57. The third kappa shape index (κ3) is 6.89. The zero-order chi connectivity index (χ0) is 26.3. The fraction of sp³-hybridized carbons (Fsp3) is 0.517. The molecule has 2 aromatic carbocycles. The first kappa shape index (κ1) is 27.1. The molecular formula is C29H38N2O6. The molecule has 1 aliphatic heterocycles. The number of para-hydroxylation sites is 2. The largest absolute Gasteiger partial charge is 0.457 e. The molecule has 2 unspecified atom stereocenters. The van der Waals surface area contributed by atoms with Gasteiger partial charge in [0.05, 0.1) is 6.10 Å². The standard InChI is InChI=1S/C29H38N2O6/c1-21-10-2-4-14-25(21)36-26-15-5-3-12-23(26)24(32)13-9-19-31(22-11-8-18-30-20-22)28(34)37-27(33)29(35)16-6-7-17-29/h2-5,10,12,14-15,22,24,30,32,35H,6-9,11,13,16-20H2,1H3. The first-order valence-corrected chi connectivity index (χ1v) is 13.3. The molecule has 1 heterocycles. The first-order valence-electron chi connectivity index (χ1n) is 13.3. The molecule has 37 heavy (non-hydrogen) atoms. The van der Waals surface area contributed by atoms with Gasteiger partial charge < -0.3 is 29.9 Å². The molecule has 1 saturated carbocycles. The smallest absolute Gasteiger partial charge is 0.417 e. The number of ether oxygens (including phenoxy) is 2. The highest BCUT2D eigenvalue weighted by Crippen LogP contribution is 2.33. The topological polar surface area (TPSA) is 108 Å². The van der Waals surface area contributed by atoms with Crippen LogP contribution in [-0.4, -0.2) is 58.5 Å². The van der Waals surface area contributed by atoms with Crippen LogP contribution in [0.5, 0.6) is 11.5 Å². The number of aryl methyl sites for hydroxylation is 1. The van der Waals surface area contributed by atoms with Gasteiger partial charge >= 0.3 is 12.1 Å². The number of carbonyl (C=O) groups excluding carboxylic acids is 2. The van der Waals surface area contributed by atoms with Crippen LogP contribution in [0.1, 0.15) is 68.6 Å². The maximum atomic E-state index is 13.0. The number of rotatable bonds is 9.